The van der Waals surface area contributed by atoms with Gasteiger partial charge in [0.05, 0.1) is 24.0 Å². The Labute approximate surface area is 219 Å². The molecule has 4 aromatic rings. The van der Waals surface area contributed by atoms with E-state index in [1.807, 2.05) is 24.3 Å². The summed E-state index contributed by atoms with van der Waals surface area (Å²) >= 11 is 0. The zero-order valence-electron chi connectivity index (χ0n) is 20.8. The first-order chi connectivity index (χ1) is 18.5. The number of carbonyl (C=O) groups is 1. The molecule has 2 aromatic carbocycles. The quantitative estimate of drug-likeness (QED) is 0.306. The van der Waals surface area contributed by atoms with Gasteiger partial charge in [0, 0.05) is 61.1 Å². The van der Waals surface area contributed by atoms with Crippen LogP contribution in [0, 0.1) is 5.82 Å². The Bertz CT molecular complexity index is 1450. The van der Waals surface area contributed by atoms with Gasteiger partial charge in [0.15, 0.2) is 0 Å². The van der Waals surface area contributed by atoms with E-state index >= 15 is 0 Å². The van der Waals surface area contributed by atoms with Crippen molar-refractivity contribution in [1.82, 2.24) is 19.9 Å². The zero-order valence-corrected chi connectivity index (χ0v) is 20.8. The Morgan fingerprint density at radius 2 is 1.84 bits per heavy atom. The van der Waals surface area contributed by atoms with Gasteiger partial charge in [-0.1, -0.05) is 24.8 Å². The molecule has 1 amide bonds. The van der Waals surface area contributed by atoms with Crippen molar-refractivity contribution in [2.45, 2.75) is 0 Å². The molecule has 1 aliphatic heterocycles. The third-order valence-electron chi connectivity index (χ3n) is 6.44. The maximum absolute atomic E-state index is 14.9. The summed E-state index contributed by atoms with van der Waals surface area (Å²) in [6, 6.07) is 13.7. The number of nitrogens with one attached hydrogen (secondary N) is 2. The molecule has 0 spiro atoms. The highest BCUT2D eigenvalue weighted by molar-refractivity contribution is 6.00. The molecule has 10 heteroatoms. The number of benzene rings is 2. The number of rotatable bonds is 8. The normalized spacial score (nSPS) is 13.9. The minimum Gasteiger partial charge on any atom is -0.395 e. The summed E-state index contributed by atoms with van der Waals surface area (Å²) in [5.74, 6) is 0.436. The van der Waals surface area contributed by atoms with E-state index in [-0.39, 0.29) is 12.5 Å². The number of amides is 1. The summed E-state index contributed by atoms with van der Waals surface area (Å²) in [6.07, 6.45) is 4.58. The molecule has 0 unspecified atom stereocenters. The van der Waals surface area contributed by atoms with Gasteiger partial charge in [0.1, 0.15) is 11.6 Å². The van der Waals surface area contributed by atoms with Gasteiger partial charge < -0.3 is 20.6 Å². The van der Waals surface area contributed by atoms with Gasteiger partial charge in [-0.15, -0.1) is 0 Å². The van der Waals surface area contributed by atoms with Gasteiger partial charge in [-0.2, -0.15) is 0 Å². The van der Waals surface area contributed by atoms with E-state index in [1.54, 1.807) is 24.5 Å². The average Bonchev–Trinajstić information content (AvgIpc) is 2.95. The molecule has 5 rings (SSSR count). The number of hydrogen-bond donors (Lipinski definition) is 3. The van der Waals surface area contributed by atoms with Gasteiger partial charge in [-0.05, 0) is 36.4 Å². The van der Waals surface area contributed by atoms with Crippen LogP contribution in [-0.4, -0.2) is 70.2 Å². The number of nitrogens with zero attached hydrogens (tertiary/aromatic N) is 5. The van der Waals surface area contributed by atoms with E-state index in [0.29, 0.717) is 34.8 Å². The van der Waals surface area contributed by atoms with Crippen molar-refractivity contribution in [3.8, 4) is 11.1 Å². The number of β-amino-alcohol motifs (C(OH)–C–C–N with tert-alkyl or cyclic N) is 1. The molecule has 0 atom stereocenters. The Balaban J connectivity index is 1.37. The van der Waals surface area contributed by atoms with Crippen LogP contribution < -0.4 is 15.5 Å². The number of piperazine rings is 1. The maximum Gasteiger partial charge on any atom is 0.247 e. The van der Waals surface area contributed by atoms with E-state index in [4.69, 9.17) is 5.11 Å². The molecule has 1 aliphatic rings. The molecule has 0 saturated carbocycles. The Hall–Kier alpha value is -4.41. The molecule has 1 saturated heterocycles. The molecular weight excluding hydrogens is 485 g/mol. The summed E-state index contributed by atoms with van der Waals surface area (Å²) in [7, 11) is 0. The van der Waals surface area contributed by atoms with Gasteiger partial charge in [0.2, 0.25) is 11.9 Å². The third kappa shape index (κ3) is 5.61. The lowest BCUT2D eigenvalue weighted by Gasteiger charge is -2.35. The molecule has 0 aliphatic carbocycles. The SMILES string of the molecule is C=CC(=O)Nc1ccc(F)c(-c2cccc3cnc(Nc4ccc(N5CCN(CCO)CC5)nc4)nc23)c1. The highest BCUT2D eigenvalue weighted by Gasteiger charge is 2.18. The highest BCUT2D eigenvalue weighted by atomic mass is 19.1. The number of carbonyl (C=O) groups excluding carboxylic acids is 1. The van der Waals surface area contributed by atoms with Crippen molar-refractivity contribution in [2.75, 3.05) is 54.9 Å². The summed E-state index contributed by atoms with van der Waals surface area (Å²) in [4.78, 5) is 29.9. The first-order valence-electron chi connectivity index (χ1n) is 12.3. The summed E-state index contributed by atoms with van der Waals surface area (Å²) in [6.45, 7) is 7.80. The Morgan fingerprint density at radius 3 is 2.58 bits per heavy atom. The van der Waals surface area contributed by atoms with Crippen LogP contribution >= 0.6 is 0 Å². The van der Waals surface area contributed by atoms with Crippen molar-refractivity contribution in [1.29, 1.82) is 0 Å². The lowest BCUT2D eigenvalue weighted by atomic mass is 10.0. The predicted molar refractivity (Wildman–Crippen MR) is 147 cm³/mol. The van der Waals surface area contributed by atoms with E-state index in [9.17, 15) is 9.18 Å². The van der Waals surface area contributed by atoms with Crippen LogP contribution in [0.4, 0.5) is 27.5 Å². The number of aromatic nitrogens is 3. The molecule has 3 heterocycles. The Kier molecular flexibility index (Phi) is 7.52. The van der Waals surface area contributed by atoms with Gasteiger partial charge in [0.25, 0.3) is 0 Å². The smallest absolute Gasteiger partial charge is 0.247 e. The number of hydrogen-bond acceptors (Lipinski definition) is 8. The van der Waals surface area contributed by atoms with E-state index in [2.05, 4.69) is 42.0 Å². The lowest BCUT2D eigenvalue weighted by Crippen LogP contribution is -2.47. The van der Waals surface area contributed by atoms with E-state index in [0.717, 1.165) is 49.1 Å². The second kappa shape index (κ2) is 11.3. The zero-order chi connectivity index (χ0) is 26.5. The van der Waals surface area contributed by atoms with Crippen LogP contribution in [-0.2, 0) is 4.79 Å². The number of anilines is 4. The fourth-order valence-electron chi connectivity index (χ4n) is 4.45. The van der Waals surface area contributed by atoms with Crippen LogP contribution in [0.2, 0.25) is 0 Å². The molecule has 0 radical (unpaired) electrons. The number of pyridine rings is 1. The highest BCUT2D eigenvalue weighted by Crippen LogP contribution is 2.32. The monoisotopic (exact) mass is 513 g/mol. The van der Waals surface area contributed by atoms with Crippen LogP contribution in [0.25, 0.3) is 22.0 Å². The van der Waals surface area contributed by atoms with Crippen molar-refractivity contribution >= 4 is 40.0 Å². The average molecular weight is 514 g/mol. The second-order valence-electron chi connectivity index (χ2n) is 8.91. The lowest BCUT2D eigenvalue weighted by molar-refractivity contribution is -0.111. The Morgan fingerprint density at radius 1 is 1.03 bits per heavy atom. The fraction of sp³-hybridized carbons (Fsp3) is 0.214. The minimum atomic E-state index is -0.431. The van der Waals surface area contributed by atoms with Crippen molar-refractivity contribution < 1.29 is 14.3 Å². The summed E-state index contributed by atoms with van der Waals surface area (Å²) < 4.78 is 14.9. The van der Waals surface area contributed by atoms with Crippen molar-refractivity contribution in [3.05, 3.63) is 79.4 Å². The molecular formula is C28H28FN7O2. The van der Waals surface area contributed by atoms with Crippen LogP contribution in [0.1, 0.15) is 0 Å². The number of para-hydroxylation sites is 1. The summed E-state index contributed by atoms with van der Waals surface area (Å²) in [5, 5.41) is 15.7. The molecule has 3 N–H and O–H groups in total. The predicted octanol–water partition coefficient (Wildman–Crippen LogP) is 3.81. The molecule has 2 aromatic heterocycles. The second-order valence-corrected chi connectivity index (χ2v) is 8.91. The van der Waals surface area contributed by atoms with E-state index < -0.39 is 5.82 Å². The molecule has 0 bridgehead atoms. The maximum atomic E-state index is 14.9. The van der Waals surface area contributed by atoms with Gasteiger partial charge >= 0.3 is 0 Å². The largest absolute Gasteiger partial charge is 0.395 e. The van der Waals surface area contributed by atoms with Crippen LogP contribution in [0.15, 0.2) is 73.6 Å². The van der Waals surface area contributed by atoms with Gasteiger partial charge in [-0.3, -0.25) is 9.69 Å². The first-order valence-corrected chi connectivity index (χ1v) is 12.3. The number of aliphatic hydroxyl groups is 1. The topological polar surface area (TPSA) is 107 Å². The van der Waals surface area contributed by atoms with E-state index in [1.165, 1.54) is 12.1 Å². The molecule has 1 fully saturated rings. The van der Waals surface area contributed by atoms with Crippen molar-refractivity contribution in [2.24, 2.45) is 0 Å². The van der Waals surface area contributed by atoms with Crippen LogP contribution in [0.5, 0.6) is 0 Å². The van der Waals surface area contributed by atoms with Crippen LogP contribution in [0.3, 0.4) is 0 Å². The number of fused-ring (bicyclic) bond motifs is 1. The summed E-state index contributed by atoms with van der Waals surface area (Å²) in [5.41, 5.74) is 2.64. The third-order valence-corrected chi connectivity index (χ3v) is 6.44. The number of halogens is 1. The standard InChI is InChI=1S/C28H28FN7O2/c1-2-26(38)32-20-6-8-24(29)23(16-20)22-5-3-4-19-17-31-28(34-27(19)22)33-21-7-9-25(30-18-21)36-12-10-35(11-13-36)14-15-37/h2-9,16-18,37H,1,10-15H2,(H,32,38)(H,31,33,34). The molecule has 194 valence electrons. The number of aliphatic hydroxyl groups excluding tert-OH is 1. The minimum absolute atomic E-state index is 0.173. The fourth-order valence-corrected chi connectivity index (χ4v) is 4.45. The molecule has 38 heavy (non-hydrogen) atoms. The van der Waals surface area contributed by atoms with Crippen molar-refractivity contribution in [3.63, 3.8) is 0 Å². The van der Waals surface area contributed by atoms with Gasteiger partial charge in [-0.25, -0.2) is 19.3 Å². The first kappa shape index (κ1) is 25.2. The molecule has 9 nitrogen and oxygen atoms in total.